The molecule has 9 heteroatoms. The van der Waals surface area contributed by atoms with Crippen molar-refractivity contribution < 1.29 is 22.7 Å². The van der Waals surface area contributed by atoms with Crippen LogP contribution in [0.2, 0.25) is 0 Å². The molecule has 0 radical (unpaired) electrons. The second-order valence-electron chi connectivity index (χ2n) is 6.59. The highest BCUT2D eigenvalue weighted by Gasteiger charge is 2.52. The van der Waals surface area contributed by atoms with Crippen molar-refractivity contribution in [3.05, 3.63) is 54.6 Å². The fourth-order valence-electron chi connectivity index (χ4n) is 3.64. The third-order valence-electron chi connectivity index (χ3n) is 5.02. The minimum absolute atomic E-state index is 0.0740. The molecule has 0 spiro atoms. The zero-order valence-electron chi connectivity index (χ0n) is 15.1. The van der Waals surface area contributed by atoms with Gasteiger partial charge in [-0.25, -0.2) is 18.1 Å². The number of fused-ring (bicyclic) bond motifs is 1. The maximum absolute atomic E-state index is 13.2. The Morgan fingerprint density at radius 1 is 1.04 bits per heavy atom. The first kappa shape index (κ1) is 18.5. The average Bonchev–Trinajstić information content (AvgIpc) is 3.14. The molecule has 0 aromatic heterocycles. The Balaban J connectivity index is 1.68. The van der Waals surface area contributed by atoms with Crippen LogP contribution < -0.4 is 15.0 Å². The summed E-state index contributed by atoms with van der Waals surface area (Å²) in [5, 5.41) is 2.77. The maximum atomic E-state index is 13.2. The lowest BCUT2D eigenvalue weighted by Crippen LogP contribution is -2.64. The van der Waals surface area contributed by atoms with E-state index >= 15 is 0 Å². The number of imide groups is 1. The van der Waals surface area contributed by atoms with E-state index in [-0.39, 0.29) is 11.4 Å². The molecule has 4 rings (SSSR count). The van der Waals surface area contributed by atoms with Crippen LogP contribution in [0.4, 0.5) is 10.5 Å². The van der Waals surface area contributed by atoms with Crippen molar-refractivity contribution in [2.24, 2.45) is 0 Å². The highest BCUT2D eigenvalue weighted by molar-refractivity contribution is 7.89. The molecule has 0 unspecified atom stereocenters. The van der Waals surface area contributed by atoms with Gasteiger partial charge in [-0.1, -0.05) is 18.2 Å². The second-order valence-corrected chi connectivity index (χ2v) is 8.48. The van der Waals surface area contributed by atoms with E-state index in [2.05, 4.69) is 5.32 Å². The number of carbonyl (C=O) groups excluding carboxylic acids is 2. The molecule has 2 aromatic carbocycles. The molecule has 2 aliphatic heterocycles. The van der Waals surface area contributed by atoms with Gasteiger partial charge in [0.15, 0.2) is 0 Å². The number of urea groups is 1. The van der Waals surface area contributed by atoms with Gasteiger partial charge in [0.05, 0.1) is 23.7 Å². The summed E-state index contributed by atoms with van der Waals surface area (Å²) < 4.78 is 32.6. The van der Waals surface area contributed by atoms with Crippen LogP contribution in [0.5, 0.6) is 5.75 Å². The lowest BCUT2D eigenvalue weighted by atomic mass is 10.1. The Kier molecular flexibility index (Phi) is 4.56. The number of hydrogen-bond acceptors (Lipinski definition) is 5. The topological polar surface area (TPSA) is 96.0 Å². The number of carbonyl (C=O) groups is 2. The van der Waals surface area contributed by atoms with Crippen LogP contribution in [0.25, 0.3) is 0 Å². The predicted molar refractivity (Wildman–Crippen MR) is 102 cm³/mol. The van der Waals surface area contributed by atoms with Crippen molar-refractivity contribution in [3.63, 3.8) is 0 Å². The summed E-state index contributed by atoms with van der Waals surface area (Å²) in [6.45, 7) is 0.151. The number of para-hydroxylation sites is 1. The normalized spacial score (nSPS) is 22.7. The van der Waals surface area contributed by atoms with Crippen molar-refractivity contribution in [3.8, 4) is 5.75 Å². The summed E-state index contributed by atoms with van der Waals surface area (Å²) in [5.41, 5.74) is 0.400. The van der Waals surface area contributed by atoms with Crippen LogP contribution in [-0.2, 0) is 14.8 Å². The number of rotatable bonds is 4. The largest absolute Gasteiger partial charge is 0.497 e. The van der Waals surface area contributed by atoms with Gasteiger partial charge in [-0.15, -0.1) is 0 Å². The van der Waals surface area contributed by atoms with Crippen molar-refractivity contribution in [2.45, 2.75) is 23.4 Å². The predicted octanol–water partition coefficient (Wildman–Crippen LogP) is 1.58. The van der Waals surface area contributed by atoms with E-state index in [1.807, 2.05) is 0 Å². The molecular weight excluding hydrogens is 382 g/mol. The molecule has 1 N–H and O–H groups in total. The molecule has 2 saturated heterocycles. The molecule has 3 amide bonds. The van der Waals surface area contributed by atoms with Gasteiger partial charge in [-0.05, 0) is 42.8 Å². The zero-order valence-corrected chi connectivity index (χ0v) is 15.9. The first-order valence-electron chi connectivity index (χ1n) is 8.79. The number of nitrogens with zero attached hydrogens (tertiary/aromatic N) is 2. The molecule has 2 aliphatic rings. The molecule has 2 heterocycles. The van der Waals surface area contributed by atoms with E-state index < -0.39 is 34.0 Å². The van der Waals surface area contributed by atoms with E-state index in [4.69, 9.17) is 4.74 Å². The summed E-state index contributed by atoms with van der Waals surface area (Å²) in [6, 6.07) is 12.4. The number of sulfonamides is 1. The van der Waals surface area contributed by atoms with Crippen molar-refractivity contribution >= 4 is 27.6 Å². The Morgan fingerprint density at radius 3 is 2.36 bits per heavy atom. The molecule has 28 heavy (non-hydrogen) atoms. The zero-order chi connectivity index (χ0) is 19.9. The van der Waals surface area contributed by atoms with Crippen LogP contribution in [0.15, 0.2) is 59.5 Å². The first-order valence-corrected chi connectivity index (χ1v) is 10.2. The van der Waals surface area contributed by atoms with Gasteiger partial charge in [0.2, 0.25) is 10.0 Å². The van der Waals surface area contributed by atoms with Crippen molar-refractivity contribution in [1.29, 1.82) is 0 Å². The summed E-state index contributed by atoms with van der Waals surface area (Å²) in [4.78, 5) is 26.7. The SMILES string of the molecule is COc1ccc(S(=O)(=O)N2CC[C@@H]3NC(=O)N(c4ccccc4)C(=O)[C@H]32)cc1. The fraction of sp³-hybridized carbons (Fsp3) is 0.263. The van der Waals surface area contributed by atoms with Gasteiger partial charge in [0, 0.05) is 6.54 Å². The van der Waals surface area contributed by atoms with Gasteiger partial charge in [-0.2, -0.15) is 4.31 Å². The number of hydrogen-bond donors (Lipinski definition) is 1. The number of benzene rings is 2. The Bertz CT molecular complexity index is 1010. The van der Waals surface area contributed by atoms with Crippen LogP contribution in [0.1, 0.15) is 6.42 Å². The van der Waals surface area contributed by atoms with E-state index in [0.29, 0.717) is 17.9 Å². The van der Waals surface area contributed by atoms with Gasteiger partial charge in [0.25, 0.3) is 5.91 Å². The third-order valence-corrected chi connectivity index (χ3v) is 6.91. The average molecular weight is 401 g/mol. The monoisotopic (exact) mass is 401 g/mol. The van der Waals surface area contributed by atoms with Crippen LogP contribution in [0.3, 0.4) is 0 Å². The molecule has 8 nitrogen and oxygen atoms in total. The maximum Gasteiger partial charge on any atom is 0.329 e. The van der Waals surface area contributed by atoms with Gasteiger partial charge < -0.3 is 10.1 Å². The summed E-state index contributed by atoms with van der Waals surface area (Å²) in [5.74, 6) is -0.0101. The minimum atomic E-state index is -3.91. The highest BCUT2D eigenvalue weighted by atomic mass is 32.2. The first-order chi connectivity index (χ1) is 13.4. The molecular formula is C19H19N3O5S. The number of ether oxygens (including phenoxy) is 1. The minimum Gasteiger partial charge on any atom is -0.497 e. The van der Waals surface area contributed by atoms with E-state index in [0.717, 1.165) is 4.90 Å². The third kappa shape index (κ3) is 2.92. The van der Waals surface area contributed by atoms with Crippen LogP contribution in [0, 0.1) is 0 Å². The van der Waals surface area contributed by atoms with Gasteiger partial charge >= 0.3 is 6.03 Å². The second kappa shape index (κ2) is 6.92. The molecule has 146 valence electrons. The quantitative estimate of drug-likeness (QED) is 0.839. The van der Waals surface area contributed by atoms with E-state index in [1.165, 1.54) is 23.5 Å². The van der Waals surface area contributed by atoms with Crippen LogP contribution in [-0.4, -0.2) is 50.4 Å². The molecule has 0 bridgehead atoms. The Labute approximate surface area is 162 Å². The number of methoxy groups -OCH3 is 1. The Hall–Kier alpha value is -2.91. The molecule has 0 saturated carbocycles. The standard InChI is InChI=1S/C19H19N3O5S/c1-27-14-7-9-15(10-8-14)28(25,26)21-12-11-16-17(21)18(23)22(19(24)20-16)13-5-3-2-4-6-13/h2-10,16-17H,11-12H2,1H3,(H,20,24)/t16-,17-/m0/s1. The lowest BCUT2D eigenvalue weighted by Gasteiger charge is -2.36. The van der Waals surface area contributed by atoms with E-state index in [1.54, 1.807) is 42.5 Å². The Morgan fingerprint density at radius 2 is 1.71 bits per heavy atom. The van der Waals surface area contributed by atoms with Gasteiger partial charge in [0.1, 0.15) is 11.8 Å². The number of amides is 3. The summed E-state index contributed by atoms with van der Waals surface area (Å²) in [6.07, 6.45) is 0.375. The fourth-order valence-corrected chi connectivity index (χ4v) is 5.27. The lowest BCUT2D eigenvalue weighted by molar-refractivity contribution is -0.122. The smallest absolute Gasteiger partial charge is 0.329 e. The van der Waals surface area contributed by atoms with Crippen molar-refractivity contribution in [1.82, 2.24) is 9.62 Å². The molecule has 2 atom stereocenters. The highest BCUT2D eigenvalue weighted by Crippen LogP contribution is 2.32. The summed E-state index contributed by atoms with van der Waals surface area (Å²) in [7, 11) is -2.41. The van der Waals surface area contributed by atoms with Gasteiger partial charge in [-0.3, -0.25) is 4.79 Å². The van der Waals surface area contributed by atoms with Crippen LogP contribution >= 0.6 is 0 Å². The van der Waals surface area contributed by atoms with Crippen molar-refractivity contribution in [2.75, 3.05) is 18.6 Å². The molecule has 2 fully saturated rings. The van der Waals surface area contributed by atoms with E-state index in [9.17, 15) is 18.0 Å². The molecule has 2 aromatic rings. The number of anilines is 1. The number of nitrogens with one attached hydrogen (secondary N) is 1. The molecule has 0 aliphatic carbocycles. The summed E-state index contributed by atoms with van der Waals surface area (Å²) >= 11 is 0.